The van der Waals surface area contributed by atoms with Gasteiger partial charge in [-0.3, -0.25) is 4.79 Å². The Labute approximate surface area is 131 Å². The monoisotopic (exact) mass is 300 g/mol. The molecule has 2 aromatic rings. The third-order valence-corrected chi connectivity index (χ3v) is 3.89. The second-order valence-corrected chi connectivity index (χ2v) is 6.76. The molecule has 0 aliphatic rings. The Morgan fingerprint density at radius 2 is 1.77 bits per heavy atom. The van der Waals surface area contributed by atoms with Gasteiger partial charge in [-0.1, -0.05) is 64.1 Å². The van der Waals surface area contributed by atoms with Crippen LogP contribution in [0.1, 0.15) is 39.4 Å². The molecule has 0 amide bonds. The largest absolute Gasteiger partial charge is 0.465 e. The molecule has 118 valence electrons. The molecule has 0 saturated heterocycles. The van der Waals surface area contributed by atoms with Crippen molar-refractivity contribution in [3.05, 3.63) is 48.0 Å². The zero-order valence-electron chi connectivity index (χ0n) is 13.7. The Morgan fingerprint density at radius 3 is 2.41 bits per heavy atom. The summed E-state index contributed by atoms with van der Waals surface area (Å²) in [5, 5.41) is 12.9. The van der Waals surface area contributed by atoms with E-state index >= 15 is 0 Å². The van der Waals surface area contributed by atoms with E-state index in [9.17, 15) is 9.90 Å². The number of ether oxygens (including phenoxy) is 1. The zero-order valence-corrected chi connectivity index (χ0v) is 13.7. The molecule has 2 aromatic carbocycles. The fourth-order valence-electron chi connectivity index (χ4n) is 2.33. The van der Waals surface area contributed by atoms with Crippen LogP contribution in [0.2, 0.25) is 0 Å². The fourth-order valence-corrected chi connectivity index (χ4v) is 2.33. The molecule has 3 heteroatoms. The average Bonchev–Trinajstić information content (AvgIpc) is 2.51. The second-order valence-electron chi connectivity index (χ2n) is 6.76. The maximum Gasteiger partial charge on any atom is 0.308 e. The lowest BCUT2D eigenvalue weighted by Crippen LogP contribution is -2.30. The molecule has 1 N–H and O–H groups in total. The van der Waals surface area contributed by atoms with E-state index in [-0.39, 0.29) is 18.5 Å². The molecule has 0 aliphatic heterocycles. The molecular formula is C19H24O3. The lowest BCUT2D eigenvalue weighted by molar-refractivity contribution is -0.153. The van der Waals surface area contributed by atoms with Gasteiger partial charge in [-0.2, -0.15) is 0 Å². The van der Waals surface area contributed by atoms with Crippen molar-refractivity contribution in [1.29, 1.82) is 0 Å². The highest BCUT2D eigenvalue weighted by atomic mass is 16.5. The lowest BCUT2D eigenvalue weighted by Gasteiger charge is -2.30. The van der Waals surface area contributed by atoms with Gasteiger partial charge in [0.15, 0.2) is 0 Å². The van der Waals surface area contributed by atoms with Crippen molar-refractivity contribution >= 4 is 16.7 Å². The first-order valence-corrected chi connectivity index (χ1v) is 7.64. The number of hydrogen-bond acceptors (Lipinski definition) is 3. The van der Waals surface area contributed by atoms with Crippen LogP contribution in [0, 0.1) is 11.3 Å². The molecule has 0 unspecified atom stereocenters. The molecule has 0 radical (unpaired) electrons. The van der Waals surface area contributed by atoms with Crippen LogP contribution >= 0.6 is 0 Å². The number of carbonyl (C=O) groups is 1. The number of aliphatic hydroxyl groups excluding tert-OH is 1. The van der Waals surface area contributed by atoms with Crippen molar-refractivity contribution in [2.45, 2.75) is 33.8 Å². The van der Waals surface area contributed by atoms with E-state index in [4.69, 9.17) is 4.74 Å². The van der Waals surface area contributed by atoms with Gasteiger partial charge in [0.25, 0.3) is 0 Å². The van der Waals surface area contributed by atoms with Gasteiger partial charge in [-0.05, 0) is 22.4 Å². The first kappa shape index (κ1) is 16.5. The van der Waals surface area contributed by atoms with E-state index in [0.29, 0.717) is 0 Å². The molecule has 1 atom stereocenters. The molecule has 3 nitrogen and oxygen atoms in total. The van der Waals surface area contributed by atoms with Gasteiger partial charge in [-0.15, -0.1) is 0 Å². The van der Waals surface area contributed by atoms with Gasteiger partial charge in [0.2, 0.25) is 0 Å². The standard InChI is InChI=1S/C19H24O3/c1-13(2)18(21)22-12-19(3,4)17(20)16-10-9-14-7-5-6-8-15(14)11-16/h5-11,13,17,20H,12H2,1-4H3/t17-/m0/s1. The fraction of sp³-hybridized carbons (Fsp3) is 0.421. The van der Waals surface area contributed by atoms with Gasteiger partial charge in [-0.25, -0.2) is 0 Å². The summed E-state index contributed by atoms with van der Waals surface area (Å²) < 4.78 is 5.30. The maximum atomic E-state index is 11.6. The lowest BCUT2D eigenvalue weighted by atomic mass is 9.83. The summed E-state index contributed by atoms with van der Waals surface area (Å²) in [6.45, 7) is 7.60. The van der Waals surface area contributed by atoms with Crippen molar-refractivity contribution < 1.29 is 14.6 Å². The number of benzene rings is 2. The predicted octanol–water partition coefficient (Wildman–Crippen LogP) is 4.10. The second kappa shape index (κ2) is 6.49. The van der Waals surface area contributed by atoms with E-state index in [1.54, 1.807) is 13.8 Å². The quantitative estimate of drug-likeness (QED) is 0.846. The predicted molar refractivity (Wildman–Crippen MR) is 88.5 cm³/mol. The molecule has 0 fully saturated rings. The number of aliphatic hydroxyl groups is 1. The molecule has 22 heavy (non-hydrogen) atoms. The van der Waals surface area contributed by atoms with Crippen molar-refractivity contribution in [2.75, 3.05) is 6.61 Å². The molecule has 0 aliphatic carbocycles. The highest BCUT2D eigenvalue weighted by Crippen LogP contribution is 2.35. The summed E-state index contributed by atoms with van der Waals surface area (Å²) in [5.41, 5.74) is 0.289. The summed E-state index contributed by atoms with van der Waals surface area (Å²) >= 11 is 0. The SMILES string of the molecule is CC(C)C(=O)OCC(C)(C)[C@@H](O)c1ccc2ccccc2c1. The Bertz CT molecular complexity index is 659. The summed E-state index contributed by atoms with van der Waals surface area (Å²) in [6, 6.07) is 14.0. The van der Waals surface area contributed by atoms with Gasteiger partial charge in [0.05, 0.1) is 18.6 Å². The highest BCUT2D eigenvalue weighted by Gasteiger charge is 2.31. The first-order chi connectivity index (χ1) is 10.3. The Balaban J connectivity index is 2.16. The normalized spacial score (nSPS) is 13.4. The summed E-state index contributed by atoms with van der Waals surface area (Å²) in [5.74, 6) is -0.396. The van der Waals surface area contributed by atoms with E-state index in [1.807, 2.05) is 56.3 Å². The molecule has 0 heterocycles. The minimum absolute atomic E-state index is 0.159. The van der Waals surface area contributed by atoms with Crippen LogP contribution in [0.5, 0.6) is 0 Å². The molecule has 0 saturated carbocycles. The number of rotatable bonds is 5. The van der Waals surface area contributed by atoms with Crippen LogP contribution in [0.25, 0.3) is 10.8 Å². The molecule has 2 rings (SSSR count). The first-order valence-electron chi connectivity index (χ1n) is 7.64. The summed E-state index contributed by atoms with van der Waals surface area (Å²) in [4.78, 5) is 11.6. The maximum absolute atomic E-state index is 11.6. The van der Waals surface area contributed by atoms with Crippen LogP contribution in [-0.2, 0) is 9.53 Å². The third-order valence-electron chi connectivity index (χ3n) is 3.89. The Hall–Kier alpha value is -1.87. The Morgan fingerprint density at radius 1 is 1.14 bits per heavy atom. The van der Waals surface area contributed by atoms with Crippen molar-refractivity contribution in [1.82, 2.24) is 0 Å². The average molecular weight is 300 g/mol. The van der Waals surface area contributed by atoms with Gasteiger partial charge in [0, 0.05) is 5.41 Å². The highest BCUT2D eigenvalue weighted by molar-refractivity contribution is 5.83. The minimum atomic E-state index is -0.697. The Kier molecular flexibility index (Phi) is 4.87. The van der Waals surface area contributed by atoms with E-state index < -0.39 is 11.5 Å². The third kappa shape index (κ3) is 3.66. The van der Waals surface area contributed by atoms with Crippen molar-refractivity contribution in [2.24, 2.45) is 11.3 Å². The van der Waals surface area contributed by atoms with Crippen LogP contribution < -0.4 is 0 Å². The molecule has 0 bridgehead atoms. The number of fused-ring (bicyclic) bond motifs is 1. The molecule has 0 aromatic heterocycles. The van der Waals surface area contributed by atoms with E-state index in [1.165, 1.54) is 0 Å². The van der Waals surface area contributed by atoms with Gasteiger partial charge >= 0.3 is 5.97 Å². The van der Waals surface area contributed by atoms with Crippen molar-refractivity contribution in [3.63, 3.8) is 0 Å². The van der Waals surface area contributed by atoms with Crippen LogP contribution in [0.4, 0.5) is 0 Å². The molecule has 0 spiro atoms. The smallest absolute Gasteiger partial charge is 0.308 e. The number of esters is 1. The number of carbonyl (C=O) groups excluding carboxylic acids is 1. The number of hydrogen-bond donors (Lipinski definition) is 1. The van der Waals surface area contributed by atoms with Gasteiger partial charge in [0.1, 0.15) is 0 Å². The summed E-state index contributed by atoms with van der Waals surface area (Å²) in [7, 11) is 0. The van der Waals surface area contributed by atoms with Crippen LogP contribution in [0.3, 0.4) is 0 Å². The molecular weight excluding hydrogens is 276 g/mol. The van der Waals surface area contributed by atoms with Crippen LogP contribution in [0.15, 0.2) is 42.5 Å². The zero-order chi connectivity index (χ0) is 16.3. The van der Waals surface area contributed by atoms with Crippen molar-refractivity contribution in [3.8, 4) is 0 Å². The minimum Gasteiger partial charge on any atom is -0.465 e. The summed E-state index contributed by atoms with van der Waals surface area (Å²) in [6.07, 6.45) is -0.697. The van der Waals surface area contributed by atoms with Gasteiger partial charge < -0.3 is 9.84 Å². The topological polar surface area (TPSA) is 46.5 Å². The van der Waals surface area contributed by atoms with E-state index in [2.05, 4.69) is 0 Å². The van der Waals surface area contributed by atoms with E-state index in [0.717, 1.165) is 16.3 Å². The van der Waals surface area contributed by atoms with Crippen LogP contribution in [-0.4, -0.2) is 17.7 Å².